The number of hydrogen-bond donors (Lipinski definition) is 0. The van der Waals surface area contributed by atoms with Crippen LogP contribution in [0.15, 0.2) is 30.3 Å². The maximum Gasteiger partial charge on any atom is 1.00 e. The van der Waals surface area contributed by atoms with Crippen LogP contribution in [0.25, 0.3) is 11.1 Å². The molecule has 0 nitrogen and oxygen atoms in total. The van der Waals surface area contributed by atoms with Gasteiger partial charge in [0, 0.05) is 3.92 Å². The van der Waals surface area contributed by atoms with E-state index in [9.17, 15) is 0 Å². The number of halogens is 1. The SMILES string of the molecule is CC1(C)c2cc3c(cc2C(C)(C)C1(C)C)C(I)c1cc[c-]cc1-3.[Au+]. The second-order valence-corrected chi connectivity index (χ2v) is 9.98. The molecule has 2 aromatic rings. The van der Waals surface area contributed by atoms with Crippen LogP contribution in [0.2, 0.25) is 0 Å². The van der Waals surface area contributed by atoms with Crippen LogP contribution in [0.1, 0.15) is 67.7 Å². The molecule has 2 aliphatic rings. The maximum absolute atomic E-state index is 3.27. The normalized spacial score (nSPS) is 23.9. The summed E-state index contributed by atoms with van der Waals surface area (Å²) in [7, 11) is 0. The summed E-state index contributed by atoms with van der Waals surface area (Å²) in [5.41, 5.74) is 9.39. The van der Waals surface area contributed by atoms with Gasteiger partial charge in [0.15, 0.2) is 0 Å². The zero-order chi connectivity index (χ0) is 16.8. The summed E-state index contributed by atoms with van der Waals surface area (Å²) >= 11 is 2.60. The molecule has 0 saturated carbocycles. The Labute approximate surface area is 175 Å². The first kappa shape index (κ1) is 18.7. The molecule has 0 radical (unpaired) electrons. The monoisotopic (exact) mass is 612 g/mol. The summed E-state index contributed by atoms with van der Waals surface area (Å²) in [6.45, 7) is 14.5. The predicted molar refractivity (Wildman–Crippen MR) is 106 cm³/mol. The van der Waals surface area contributed by atoms with Crippen LogP contribution in [0, 0.1) is 11.5 Å². The Kier molecular flexibility index (Phi) is 4.25. The van der Waals surface area contributed by atoms with Gasteiger partial charge in [-0.1, -0.05) is 81.8 Å². The second kappa shape index (κ2) is 5.45. The average molecular weight is 612 g/mol. The van der Waals surface area contributed by atoms with Crippen LogP contribution >= 0.6 is 22.6 Å². The molecule has 4 rings (SSSR count). The van der Waals surface area contributed by atoms with E-state index in [1.54, 1.807) is 5.56 Å². The second-order valence-electron chi connectivity index (χ2n) is 8.74. The molecular formula is C22H24AuI. The van der Waals surface area contributed by atoms with Gasteiger partial charge in [0.2, 0.25) is 0 Å². The average Bonchev–Trinajstić information content (AvgIpc) is 2.83. The van der Waals surface area contributed by atoms with E-state index in [0.29, 0.717) is 3.92 Å². The van der Waals surface area contributed by atoms with Crippen molar-refractivity contribution in [3.63, 3.8) is 0 Å². The van der Waals surface area contributed by atoms with E-state index in [0.717, 1.165) is 0 Å². The van der Waals surface area contributed by atoms with Crippen molar-refractivity contribution >= 4 is 22.6 Å². The van der Waals surface area contributed by atoms with Crippen LogP contribution in [0.4, 0.5) is 0 Å². The van der Waals surface area contributed by atoms with Gasteiger partial charge in [0.05, 0.1) is 0 Å². The molecule has 24 heavy (non-hydrogen) atoms. The molecule has 0 aromatic heterocycles. The standard InChI is InChI=1S/C22H24I.Au/c1-20(2)17-11-15-13-9-7-8-10-14(13)19(23)16(15)12-18(17)21(3,4)22(20,5)6;/h8-12,19H,1-6H3;/q-1;+1. The summed E-state index contributed by atoms with van der Waals surface area (Å²) in [6, 6.07) is 14.7. The fraction of sp³-hybridized carbons (Fsp3) is 0.455. The van der Waals surface area contributed by atoms with Crippen molar-refractivity contribution in [2.75, 3.05) is 0 Å². The minimum Gasteiger partial charge on any atom is -0.183 e. The van der Waals surface area contributed by atoms with Crippen molar-refractivity contribution in [2.45, 2.75) is 56.3 Å². The number of rotatable bonds is 0. The molecule has 2 aromatic carbocycles. The largest absolute Gasteiger partial charge is 1.00 e. The number of alkyl halides is 1. The van der Waals surface area contributed by atoms with Crippen molar-refractivity contribution in [3.05, 3.63) is 58.7 Å². The Morgan fingerprint density at radius 2 is 1.46 bits per heavy atom. The van der Waals surface area contributed by atoms with Gasteiger partial charge in [-0.3, -0.25) is 0 Å². The molecule has 2 aliphatic carbocycles. The molecule has 0 fully saturated rings. The van der Waals surface area contributed by atoms with Gasteiger partial charge in [-0.15, -0.1) is 11.1 Å². The first-order valence-electron chi connectivity index (χ1n) is 8.44. The van der Waals surface area contributed by atoms with E-state index < -0.39 is 0 Å². The van der Waals surface area contributed by atoms with E-state index in [2.05, 4.69) is 94.5 Å². The van der Waals surface area contributed by atoms with Crippen LogP contribution in [0.3, 0.4) is 0 Å². The Hall–Kier alpha value is -0.0897. The van der Waals surface area contributed by atoms with E-state index >= 15 is 0 Å². The first-order chi connectivity index (χ1) is 10.6. The van der Waals surface area contributed by atoms with Crippen LogP contribution in [-0.2, 0) is 33.2 Å². The smallest absolute Gasteiger partial charge is 0.183 e. The minimum atomic E-state index is 0. The molecule has 0 saturated heterocycles. The Morgan fingerprint density at radius 1 is 0.875 bits per heavy atom. The molecule has 1 unspecified atom stereocenters. The van der Waals surface area contributed by atoms with Crippen LogP contribution < -0.4 is 0 Å². The minimum absolute atomic E-state index is 0. The maximum atomic E-state index is 3.27. The molecule has 0 spiro atoms. The topological polar surface area (TPSA) is 0 Å². The van der Waals surface area contributed by atoms with Crippen molar-refractivity contribution in [1.29, 1.82) is 0 Å². The molecule has 0 aliphatic heterocycles. The third kappa shape index (κ3) is 2.02. The third-order valence-electron chi connectivity index (χ3n) is 7.40. The number of hydrogen-bond acceptors (Lipinski definition) is 0. The van der Waals surface area contributed by atoms with Gasteiger partial charge in [0.25, 0.3) is 0 Å². The molecule has 0 amide bonds. The molecule has 2 heteroatoms. The van der Waals surface area contributed by atoms with Crippen molar-refractivity contribution in [2.24, 2.45) is 5.41 Å². The van der Waals surface area contributed by atoms with Crippen molar-refractivity contribution in [1.82, 2.24) is 0 Å². The molecule has 1 atom stereocenters. The van der Waals surface area contributed by atoms with Gasteiger partial charge >= 0.3 is 22.4 Å². The van der Waals surface area contributed by atoms with E-state index in [1.807, 2.05) is 6.07 Å². The molecular weight excluding hydrogens is 588 g/mol. The summed E-state index contributed by atoms with van der Waals surface area (Å²) in [6.07, 6.45) is 0. The fourth-order valence-corrected chi connectivity index (χ4v) is 5.67. The predicted octanol–water partition coefficient (Wildman–Crippen LogP) is 6.58. The van der Waals surface area contributed by atoms with E-state index in [4.69, 9.17) is 0 Å². The number of fused-ring (bicyclic) bond motifs is 4. The molecule has 0 bridgehead atoms. The van der Waals surface area contributed by atoms with Crippen molar-refractivity contribution in [3.8, 4) is 11.1 Å². The molecule has 0 heterocycles. The zero-order valence-corrected chi connectivity index (χ0v) is 19.5. The number of benzene rings is 2. The summed E-state index contributed by atoms with van der Waals surface area (Å²) in [5, 5.41) is 0. The van der Waals surface area contributed by atoms with Crippen LogP contribution in [0.5, 0.6) is 0 Å². The van der Waals surface area contributed by atoms with Gasteiger partial charge < -0.3 is 0 Å². The third-order valence-corrected chi connectivity index (χ3v) is 8.74. The van der Waals surface area contributed by atoms with E-state index in [1.165, 1.54) is 27.8 Å². The summed E-state index contributed by atoms with van der Waals surface area (Å²) in [5.74, 6) is 0. The molecule has 0 N–H and O–H groups in total. The van der Waals surface area contributed by atoms with E-state index in [-0.39, 0.29) is 38.6 Å². The van der Waals surface area contributed by atoms with Gasteiger partial charge in [-0.2, -0.15) is 24.3 Å². The van der Waals surface area contributed by atoms with Crippen LogP contribution in [-0.4, -0.2) is 0 Å². The van der Waals surface area contributed by atoms with Gasteiger partial charge in [0.1, 0.15) is 0 Å². The molecule has 130 valence electrons. The quantitative estimate of drug-likeness (QED) is 0.137. The Morgan fingerprint density at radius 3 is 2.08 bits per heavy atom. The van der Waals surface area contributed by atoms with Gasteiger partial charge in [-0.05, 0) is 32.9 Å². The summed E-state index contributed by atoms with van der Waals surface area (Å²) in [4.78, 5) is 0. The van der Waals surface area contributed by atoms with Crippen molar-refractivity contribution < 1.29 is 22.4 Å². The first-order valence-corrected chi connectivity index (χ1v) is 9.68. The Balaban J connectivity index is 0.00000169. The van der Waals surface area contributed by atoms with Gasteiger partial charge in [-0.25, -0.2) is 0 Å². The zero-order valence-electron chi connectivity index (χ0n) is 15.1. The summed E-state index contributed by atoms with van der Waals surface area (Å²) < 4.78 is 0.458. The Bertz CT molecular complexity index is 830. The fourth-order valence-electron chi connectivity index (χ4n) is 4.61.